The van der Waals surface area contributed by atoms with Gasteiger partial charge in [-0.15, -0.1) is 0 Å². The molecule has 2 aromatic heterocycles. The van der Waals surface area contributed by atoms with E-state index in [1.54, 1.807) is 0 Å². The second-order valence-electron chi connectivity index (χ2n) is 5.67. The summed E-state index contributed by atoms with van der Waals surface area (Å²) in [4.78, 5) is 13.6. The van der Waals surface area contributed by atoms with Crippen molar-refractivity contribution >= 4 is 16.7 Å². The van der Waals surface area contributed by atoms with Crippen LogP contribution in [-0.2, 0) is 0 Å². The Balaban J connectivity index is 1.83. The average molecular weight is 276 g/mol. The van der Waals surface area contributed by atoms with Gasteiger partial charge in [-0.3, -0.25) is 4.98 Å². The van der Waals surface area contributed by atoms with Gasteiger partial charge < -0.3 is 5.73 Å². The number of nitrogen functional groups attached to an aromatic ring is 1. The summed E-state index contributed by atoms with van der Waals surface area (Å²) < 4.78 is 0. The van der Waals surface area contributed by atoms with Crippen LogP contribution in [0.15, 0.2) is 36.4 Å². The van der Waals surface area contributed by atoms with Gasteiger partial charge in [0.25, 0.3) is 0 Å². The summed E-state index contributed by atoms with van der Waals surface area (Å²) in [6.45, 7) is 2.00. The number of aryl methyl sites for hydroxylation is 1. The quantitative estimate of drug-likeness (QED) is 0.778. The van der Waals surface area contributed by atoms with Gasteiger partial charge >= 0.3 is 0 Å². The van der Waals surface area contributed by atoms with E-state index < -0.39 is 0 Å². The minimum Gasteiger partial charge on any atom is -0.384 e. The zero-order valence-electron chi connectivity index (χ0n) is 11.9. The Labute approximate surface area is 123 Å². The second-order valence-corrected chi connectivity index (χ2v) is 5.67. The van der Waals surface area contributed by atoms with Crippen LogP contribution in [0.5, 0.6) is 0 Å². The van der Waals surface area contributed by atoms with E-state index in [1.165, 1.54) is 12.8 Å². The van der Waals surface area contributed by atoms with Gasteiger partial charge in [-0.25, -0.2) is 9.97 Å². The van der Waals surface area contributed by atoms with E-state index in [0.717, 1.165) is 33.7 Å². The number of aromatic nitrogens is 3. The Morgan fingerprint density at radius 1 is 1.00 bits per heavy atom. The Hall–Kier alpha value is -2.49. The molecule has 0 unspecified atom stereocenters. The molecule has 0 aliphatic heterocycles. The molecule has 1 fully saturated rings. The van der Waals surface area contributed by atoms with Crippen molar-refractivity contribution in [1.82, 2.24) is 15.0 Å². The number of rotatable bonds is 2. The molecule has 2 heterocycles. The van der Waals surface area contributed by atoms with E-state index in [0.29, 0.717) is 11.7 Å². The molecule has 4 rings (SSSR count). The molecular formula is C17H16N4. The number of hydrogen-bond acceptors (Lipinski definition) is 4. The van der Waals surface area contributed by atoms with Gasteiger partial charge in [0, 0.05) is 28.6 Å². The Bertz CT molecular complexity index is 837. The first-order valence-corrected chi connectivity index (χ1v) is 7.21. The molecule has 0 saturated heterocycles. The van der Waals surface area contributed by atoms with Crippen LogP contribution in [0, 0.1) is 6.92 Å². The Kier molecular flexibility index (Phi) is 2.64. The first-order valence-electron chi connectivity index (χ1n) is 7.21. The summed E-state index contributed by atoms with van der Waals surface area (Å²) in [7, 11) is 0. The lowest BCUT2D eigenvalue weighted by atomic mass is 10.1. The SMILES string of the molecule is Cc1ccc2cc(-c3cc(N)nc(C4CC4)n3)ccc2n1. The van der Waals surface area contributed by atoms with Gasteiger partial charge in [-0.1, -0.05) is 12.1 Å². The highest BCUT2D eigenvalue weighted by molar-refractivity contribution is 5.84. The fourth-order valence-corrected chi connectivity index (χ4v) is 2.54. The predicted octanol–water partition coefficient (Wildman–Crippen LogP) is 3.46. The van der Waals surface area contributed by atoms with Crippen molar-refractivity contribution in [2.75, 3.05) is 5.73 Å². The van der Waals surface area contributed by atoms with Crippen molar-refractivity contribution in [3.8, 4) is 11.3 Å². The zero-order chi connectivity index (χ0) is 14.4. The summed E-state index contributed by atoms with van der Waals surface area (Å²) in [6.07, 6.45) is 2.34. The number of benzene rings is 1. The zero-order valence-corrected chi connectivity index (χ0v) is 11.9. The molecule has 1 aromatic carbocycles. The van der Waals surface area contributed by atoms with Gasteiger partial charge in [-0.2, -0.15) is 0 Å². The summed E-state index contributed by atoms with van der Waals surface area (Å²) in [5.74, 6) is 1.92. The van der Waals surface area contributed by atoms with Gasteiger partial charge in [0.15, 0.2) is 0 Å². The molecule has 2 N–H and O–H groups in total. The van der Waals surface area contributed by atoms with Crippen molar-refractivity contribution in [3.63, 3.8) is 0 Å². The third-order valence-electron chi connectivity index (χ3n) is 3.83. The summed E-state index contributed by atoms with van der Waals surface area (Å²) in [5, 5.41) is 1.11. The summed E-state index contributed by atoms with van der Waals surface area (Å²) >= 11 is 0. The molecule has 21 heavy (non-hydrogen) atoms. The van der Waals surface area contributed by atoms with Crippen molar-refractivity contribution < 1.29 is 0 Å². The van der Waals surface area contributed by atoms with Gasteiger partial charge in [-0.05, 0) is 38.0 Å². The number of fused-ring (bicyclic) bond motifs is 1. The molecule has 1 saturated carbocycles. The van der Waals surface area contributed by atoms with Crippen LogP contribution in [0.2, 0.25) is 0 Å². The second kappa shape index (κ2) is 4.52. The highest BCUT2D eigenvalue weighted by atomic mass is 15.0. The number of pyridine rings is 1. The Morgan fingerprint density at radius 3 is 2.67 bits per heavy atom. The van der Waals surface area contributed by atoms with Crippen LogP contribution in [0.1, 0.15) is 30.3 Å². The lowest BCUT2D eigenvalue weighted by Gasteiger charge is -2.07. The minimum atomic E-state index is 0.497. The van der Waals surface area contributed by atoms with Crippen molar-refractivity contribution in [2.24, 2.45) is 0 Å². The fraction of sp³-hybridized carbons (Fsp3) is 0.235. The van der Waals surface area contributed by atoms with Crippen LogP contribution in [-0.4, -0.2) is 15.0 Å². The minimum absolute atomic E-state index is 0.497. The molecule has 1 aliphatic rings. The van der Waals surface area contributed by atoms with Crippen molar-refractivity contribution in [2.45, 2.75) is 25.7 Å². The van der Waals surface area contributed by atoms with Crippen LogP contribution in [0.3, 0.4) is 0 Å². The molecule has 0 atom stereocenters. The van der Waals surface area contributed by atoms with E-state index in [9.17, 15) is 0 Å². The first-order chi connectivity index (χ1) is 10.2. The normalized spacial score (nSPS) is 14.5. The molecule has 104 valence electrons. The maximum atomic E-state index is 5.93. The monoisotopic (exact) mass is 276 g/mol. The van der Waals surface area contributed by atoms with Gasteiger partial charge in [0.2, 0.25) is 0 Å². The van der Waals surface area contributed by atoms with E-state index >= 15 is 0 Å². The number of nitrogens with two attached hydrogens (primary N) is 1. The smallest absolute Gasteiger partial charge is 0.134 e. The summed E-state index contributed by atoms with van der Waals surface area (Å²) in [5.41, 5.74) is 9.91. The molecule has 4 nitrogen and oxygen atoms in total. The van der Waals surface area contributed by atoms with Crippen LogP contribution >= 0.6 is 0 Å². The number of nitrogens with zero attached hydrogens (tertiary/aromatic N) is 3. The molecule has 0 radical (unpaired) electrons. The highest BCUT2D eigenvalue weighted by Gasteiger charge is 2.27. The lowest BCUT2D eigenvalue weighted by molar-refractivity contribution is 0.936. The molecule has 1 aliphatic carbocycles. The molecule has 3 aromatic rings. The maximum absolute atomic E-state index is 5.93. The summed E-state index contributed by atoms with van der Waals surface area (Å²) in [6, 6.07) is 12.2. The number of anilines is 1. The molecule has 0 amide bonds. The Morgan fingerprint density at radius 2 is 1.86 bits per heavy atom. The van der Waals surface area contributed by atoms with Crippen molar-refractivity contribution in [1.29, 1.82) is 0 Å². The van der Waals surface area contributed by atoms with Crippen LogP contribution < -0.4 is 5.73 Å². The predicted molar refractivity (Wildman–Crippen MR) is 83.9 cm³/mol. The van der Waals surface area contributed by atoms with E-state index in [2.05, 4.69) is 27.1 Å². The fourth-order valence-electron chi connectivity index (χ4n) is 2.54. The largest absolute Gasteiger partial charge is 0.384 e. The van der Waals surface area contributed by atoms with E-state index in [-0.39, 0.29) is 0 Å². The van der Waals surface area contributed by atoms with Crippen molar-refractivity contribution in [3.05, 3.63) is 47.9 Å². The lowest BCUT2D eigenvalue weighted by Crippen LogP contribution is -2.00. The third-order valence-corrected chi connectivity index (χ3v) is 3.83. The molecule has 4 heteroatoms. The standard InChI is InChI=1S/C17H16N4/c1-10-2-3-12-8-13(6-7-14(12)19-10)15-9-16(18)21-17(20-15)11-4-5-11/h2-3,6-9,11H,4-5H2,1H3,(H2,18,20,21). The molecular weight excluding hydrogens is 260 g/mol. The van der Waals surface area contributed by atoms with E-state index in [1.807, 2.05) is 31.2 Å². The average Bonchev–Trinajstić information content (AvgIpc) is 3.30. The first kappa shape index (κ1) is 12.3. The molecule has 0 spiro atoms. The van der Waals surface area contributed by atoms with Gasteiger partial charge in [0.1, 0.15) is 11.6 Å². The molecule has 0 bridgehead atoms. The maximum Gasteiger partial charge on any atom is 0.134 e. The van der Waals surface area contributed by atoms with Crippen LogP contribution in [0.25, 0.3) is 22.2 Å². The number of hydrogen-bond donors (Lipinski definition) is 1. The topological polar surface area (TPSA) is 64.7 Å². The highest BCUT2D eigenvalue weighted by Crippen LogP contribution is 2.39. The van der Waals surface area contributed by atoms with Crippen LogP contribution in [0.4, 0.5) is 5.82 Å². The van der Waals surface area contributed by atoms with Gasteiger partial charge in [0.05, 0.1) is 11.2 Å². The third kappa shape index (κ3) is 2.33. The van der Waals surface area contributed by atoms with E-state index in [4.69, 9.17) is 5.73 Å².